The molecular formula is C14H23N3OS2. The van der Waals surface area contributed by atoms with Gasteiger partial charge in [-0.3, -0.25) is 0 Å². The van der Waals surface area contributed by atoms with Crippen molar-refractivity contribution in [2.45, 2.75) is 56.9 Å². The maximum absolute atomic E-state index is 12.2. The van der Waals surface area contributed by atoms with Crippen LogP contribution < -0.4 is 10.6 Å². The van der Waals surface area contributed by atoms with Gasteiger partial charge in [0.05, 0.1) is 5.54 Å². The summed E-state index contributed by atoms with van der Waals surface area (Å²) in [4.78, 5) is 17.7. The minimum absolute atomic E-state index is 0.0891. The molecule has 1 aromatic rings. The van der Waals surface area contributed by atoms with Crippen molar-refractivity contribution < 1.29 is 4.79 Å². The van der Waals surface area contributed by atoms with Gasteiger partial charge >= 0.3 is 6.03 Å². The molecule has 1 saturated carbocycles. The van der Waals surface area contributed by atoms with Gasteiger partial charge in [0, 0.05) is 22.4 Å². The third-order valence-electron chi connectivity index (χ3n) is 3.65. The summed E-state index contributed by atoms with van der Waals surface area (Å²) in [6.45, 7) is 6.01. The molecule has 2 N–H and O–H groups in total. The van der Waals surface area contributed by atoms with Gasteiger partial charge in [-0.05, 0) is 39.9 Å². The largest absolute Gasteiger partial charge is 0.334 e. The molecule has 1 heterocycles. The Bertz CT molecular complexity index is 473. The van der Waals surface area contributed by atoms with Crippen molar-refractivity contribution in [3.05, 3.63) is 16.1 Å². The summed E-state index contributed by atoms with van der Waals surface area (Å²) in [7, 11) is 0. The van der Waals surface area contributed by atoms with Crippen LogP contribution in [0.2, 0.25) is 0 Å². The van der Waals surface area contributed by atoms with Gasteiger partial charge in [0.2, 0.25) is 0 Å². The number of hydrogen-bond acceptors (Lipinski definition) is 4. The summed E-state index contributed by atoms with van der Waals surface area (Å²) >= 11 is 3.47. The summed E-state index contributed by atoms with van der Waals surface area (Å²) < 4.78 is 0. The first kappa shape index (κ1) is 15.6. The molecule has 4 nitrogen and oxygen atoms in total. The topological polar surface area (TPSA) is 54.0 Å². The molecule has 0 spiro atoms. The van der Waals surface area contributed by atoms with Gasteiger partial charge in [0.1, 0.15) is 5.01 Å². The van der Waals surface area contributed by atoms with Crippen LogP contribution in [0.25, 0.3) is 0 Å². The fourth-order valence-electron chi connectivity index (χ4n) is 2.56. The number of nitrogens with one attached hydrogen (secondary N) is 2. The molecule has 0 aliphatic heterocycles. The fourth-order valence-corrected chi connectivity index (χ4v) is 4.32. The molecule has 1 fully saturated rings. The predicted molar refractivity (Wildman–Crippen MR) is 86.5 cm³/mol. The number of thiazole rings is 1. The highest BCUT2D eigenvalue weighted by Gasteiger charge is 2.31. The Morgan fingerprint density at radius 2 is 2.25 bits per heavy atom. The van der Waals surface area contributed by atoms with Crippen LogP contribution >= 0.6 is 23.1 Å². The molecule has 2 rings (SSSR count). The molecule has 0 aromatic carbocycles. The first-order valence-electron chi connectivity index (χ1n) is 6.97. The second kappa shape index (κ2) is 6.35. The second-order valence-corrected chi connectivity index (χ2v) is 8.12. The number of aromatic nitrogens is 1. The summed E-state index contributed by atoms with van der Waals surface area (Å²) in [6.07, 6.45) is 7.44. The molecular weight excluding hydrogens is 290 g/mol. The molecule has 1 aliphatic rings. The van der Waals surface area contributed by atoms with Crippen LogP contribution in [0.3, 0.4) is 0 Å². The lowest BCUT2D eigenvalue weighted by Gasteiger charge is -2.26. The molecule has 0 saturated heterocycles. The first-order valence-corrected chi connectivity index (χ1v) is 9.07. The van der Waals surface area contributed by atoms with Crippen LogP contribution in [-0.4, -0.2) is 28.6 Å². The Balaban J connectivity index is 1.93. The third kappa shape index (κ3) is 3.67. The molecule has 112 valence electrons. The Hall–Kier alpha value is -0.750. The Labute approximate surface area is 129 Å². The van der Waals surface area contributed by atoms with E-state index in [-0.39, 0.29) is 6.03 Å². The van der Waals surface area contributed by atoms with E-state index in [0.717, 1.165) is 16.3 Å². The van der Waals surface area contributed by atoms with E-state index in [1.165, 1.54) is 12.8 Å². The van der Waals surface area contributed by atoms with Gasteiger partial charge in [-0.25, -0.2) is 9.78 Å². The quantitative estimate of drug-likeness (QED) is 0.897. The molecule has 2 unspecified atom stereocenters. The van der Waals surface area contributed by atoms with Crippen LogP contribution in [0, 0.1) is 6.92 Å². The highest BCUT2D eigenvalue weighted by molar-refractivity contribution is 7.99. The average molecular weight is 313 g/mol. The van der Waals surface area contributed by atoms with E-state index in [4.69, 9.17) is 0 Å². The number of thioether (sulfide) groups is 1. The van der Waals surface area contributed by atoms with Gasteiger partial charge in [-0.1, -0.05) is 6.42 Å². The SMILES string of the molecule is CSC1CCCC1NC(=O)NC(C)(C)c1ncc(C)s1. The number of carbonyl (C=O) groups is 1. The minimum Gasteiger partial charge on any atom is -0.334 e. The van der Waals surface area contributed by atoms with Gasteiger partial charge in [-0.2, -0.15) is 11.8 Å². The van der Waals surface area contributed by atoms with E-state index in [1.54, 1.807) is 11.3 Å². The molecule has 2 atom stereocenters. The molecule has 0 bridgehead atoms. The molecule has 6 heteroatoms. The van der Waals surface area contributed by atoms with E-state index in [1.807, 2.05) is 38.7 Å². The highest BCUT2D eigenvalue weighted by Crippen LogP contribution is 2.29. The molecule has 0 radical (unpaired) electrons. The zero-order valence-corrected chi connectivity index (χ0v) is 14.2. The maximum Gasteiger partial charge on any atom is 0.315 e. The van der Waals surface area contributed by atoms with Gasteiger partial charge in [0.15, 0.2) is 0 Å². The average Bonchev–Trinajstić information content (AvgIpc) is 2.97. The maximum atomic E-state index is 12.2. The van der Waals surface area contributed by atoms with Gasteiger partial charge in [-0.15, -0.1) is 11.3 Å². The Morgan fingerprint density at radius 1 is 1.50 bits per heavy atom. The number of aryl methyl sites for hydroxylation is 1. The van der Waals surface area contributed by atoms with Crippen molar-refractivity contribution in [2.75, 3.05) is 6.26 Å². The predicted octanol–water partition coefficient (Wildman–Crippen LogP) is 3.27. The van der Waals surface area contributed by atoms with Crippen LogP contribution in [0.1, 0.15) is 43.0 Å². The normalized spacial score (nSPS) is 22.8. The lowest BCUT2D eigenvalue weighted by atomic mass is 10.1. The first-order chi connectivity index (χ1) is 9.42. The standard InChI is InChI=1S/C14H23N3OS2/c1-9-8-15-12(20-9)14(2,3)17-13(18)16-10-6-5-7-11(10)19-4/h8,10-11H,5-7H2,1-4H3,(H2,16,17,18). The zero-order valence-electron chi connectivity index (χ0n) is 12.5. The van der Waals surface area contributed by atoms with Crippen LogP contribution in [0.4, 0.5) is 4.79 Å². The minimum atomic E-state index is -0.434. The third-order valence-corrected chi connectivity index (χ3v) is 6.06. The van der Waals surface area contributed by atoms with Crippen molar-refractivity contribution in [1.82, 2.24) is 15.6 Å². The number of urea groups is 1. The van der Waals surface area contributed by atoms with E-state index in [0.29, 0.717) is 11.3 Å². The number of carbonyl (C=O) groups excluding carboxylic acids is 1. The molecule has 1 aliphatic carbocycles. The lowest BCUT2D eigenvalue weighted by Crippen LogP contribution is -2.50. The van der Waals surface area contributed by atoms with Crippen molar-refractivity contribution in [3.63, 3.8) is 0 Å². The van der Waals surface area contributed by atoms with Gasteiger partial charge in [0.25, 0.3) is 0 Å². The van der Waals surface area contributed by atoms with Gasteiger partial charge < -0.3 is 10.6 Å². The number of amides is 2. The number of nitrogens with zero attached hydrogens (tertiary/aromatic N) is 1. The fraction of sp³-hybridized carbons (Fsp3) is 0.714. The number of rotatable bonds is 4. The summed E-state index contributed by atoms with van der Waals surface area (Å²) in [5.41, 5.74) is -0.434. The molecule has 1 aromatic heterocycles. The molecule has 2 amide bonds. The number of hydrogen-bond donors (Lipinski definition) is 2. The van der Waals surface area contributed by atoms with Crippen LogP contribution in [-0.2, 0) is 5.54 Å². The van der Waals surface area contributed by atoms with Crippen molar-refractivity contribution in [1.29, 1.82) is 0 Å². The lowest BCUT2D eigenvalue weighted by molar-refractivity contribution is 0.226. The highest BCUT2D eigenvalue weighted by atomic mass is 32.2. The summed E-state index contributed by atoms with van der Waals surface area (Å²) in [6, 6.07) is 0.202. The molecule has 20 heavy (non-hydrogen) atoms. The van der Waals surface area contributed by atoms with E-state index >= 15 is 0 Å². The van der Waals surface area contributed by atoms with Crippen LogP contribution in [0.15, 0.2) is 6.20 Å². The smallest absolute Gasteiger partial charge is 0.315 e. The second-order valence-electron chi connectivity index (χ2n) is 5.81. The van der Waals surface area contributed by atoms with E-state index < -0.39 is 5.54 Å². The Morgan fingerprint density at radius 3 is 2.85 bits per heavy atom. The van der Waals surface area contributed by atoms with Crippen molar-refractivity contribution in [3.8, 4) is 0 Å². The monoisotopic (exact) mass is 313 g/mol. The summed E-state index contributed by atoms with van der Waals surface area (Å²) in [5.74, 6) is 0. The van der Waals surface area contributed by atoms with Crippen molar-refractivity contribution in [2.24, 2.45) is 0 Å². The van der Waals surface area contributed by atoms with Crippen LogP contribution in [0.5, 0.6) is 0 Å². The van der Waals surface area contributed by atoms with E-state index in [2.05, 4.69) is 21.9 Å². The van der Waals surface area contributed by atoms with Crippen molar-refractivity contribution >= 4 is 29.1 Å². The zero-order chi connectivity index (χ0) is 14.8. The van der Waals surface area contributed by atoms with E-state index in [9.17, 15) is 4.79 Å². The summed E-state index contributed by atoms with van der Waals surface area (Å²) in [5, 5.41) is 7.65. The Kier molecular flexibility index (Phi) is 4.96.